The van der Waals surface area contributed by atoms with Gasteiger partial charge in [-0.15, -0.1) is 11.3 Å². The van der Waals surface area contributed by atoms with Crippen LogP contribution in [0.3, 0.4) is 0 Å². The highest BCUT2D eigenvalue weighted by atomic mass is 32.1. The highest BCUT2D eigenvalue weighted by molar-refractivity contribution is 7.11. The standard InChI is InChI=1S/C10H15F3N2OS/c1-9(2,16-3)4-6(14)7-5-15-8(17-7)10(11,12)13/h5-6H,4,14H2,1-3H3. The highest BCUT2D eigenvalue weighted by Crippen LogP contribution is 2.35. The Balaban J connectivity index is 2.77. The fourth-order valence-electron chi connectivity index (χ4n) is 1.30. The maximum atomic E-state index is 12.4. The summed E-state index contributed by atoms with van der Waals surface area (Å²) in [5, 5.41) is -0.863. The molecule has 0 fully saturated rings. The molecule has 1 atom stereocenters. The molecule has 0 saturated carbocycles. The summed E-state index contributed by atoms with van der Waals surface area (Å²) >= 11 is 0.582. The van der Waals surface area contributed by atoms with Gasteiger partial charge in [0.1, 0.15) is 0 Å². The molecule has 0 saturated heterocycles. The molecule has 0 spiro atoms. The van der Waals surface area contributed by atoms with Gasteiger partial charge in [0.25, 0.3) is 0 Å². The highest BCUT2D eigenvalue weighted by Gasteiger charge is 2.35. The number of nitrogens with zero attached hydrogens (tertiary/aromatic N) is 1. The molecule has 1 unspecified atom stereocenters. The number of rotatable bonds is 4. The van der Waals surface area contributed by atoms with Gasteiger partial charge >= 0.3 is 6.18 Å². The Morgan fingerprint density at radius 1 is 1.47 bits per heavy atom. The van der Waals surface area contributed by atoms with Crippen LogP contribution in [-0.2, 0) is 10.9 Å². The smallest absolute Gasteiger partial charge is 0.379 e. The number of aromatic nitrogens is 1. The predicted molar refractivity (Wildman–Crippen MR) is 59.7 cm³/mol. The second-order valence-corrected chi connectivity index (χ2v) is 5.40. The topological polar surface area (TPSA) is 48.1 Å². The quantitative estimate of drug-likeness (QED) is 0.913. The van der Waals surface area contributed by atoms with Gasteiger partial charge < -0.3 is 10.5 Å². The average Bonchev–Trinajstić information content (AvgIpc) is 2.65. The summed E-state index contributed by atoms with van der Waals surface area (Å²) in [6.45, 7) is 3.66. The number of hydrogen-bond acceptors (Lipinski definition) is 4. The Morgan fingerprint density at radius 2 is 2.06 bits per heavy atom. The Kier molecular flexibility index (Phi) is 4.16. The number of thiazole rings is 1. The number of alkyl halides is 3. The van der Waals surface area contributed by atoms with Crippen molar-refractivity contribution in [3.8, 4) is 0 Å². The zero-order valence-electron chi connectivity index (χ0n) is 9.84. The van der Waals surface area contributed by atoms with Crippen molar-refractivity contribution in [3.63, 3.8) is 0 Å². The lowest BCUT2D eigenvalue weighted by Crippen LogP contribution is -2.28. The zero-order valence-corrected chi connectivity index (χ0v) is 10.7. The minimum atomic E-state index is -4.40. The van der Waals surface area contributed by atoms with E-state index in [0.29, 0.717) is 22.6 Å². The first-order valence-corrected chi connectivity index (χ1v) is 5.81. The van der Waals surface area contributed by atoms with E-state index in [9.17, 15) is 13.2 Å². The molecule has 1 rings (SSSR count). The molecule has 2 N–H and O–H groups in total. The van der Waals surface area contributed by atoms with Gasteiger partial charge in [-0.2, -0.15) is 13.2 Å². The van der Waals surface area contributed by atoms with E-state index in [0.717, 1.165) is 0 Å². The van der Waals surface area contributed by atoms with Crippen molar-refractivity contribution in [1.82, 2.24) is 4.98 Å². The van der Waals surface area contributed by atoms with Gasteiger partial charge in [-0.3, -0.25) is 0 Å². The van der Waals surface area contributed by atoms with Crippen molar-refractivity contribution in [3.05, 3.63) is 16.1 Å². The minimum absolute atomic E-state index is 0.419. The molecule has 17 heavy (non-hydrogen) atoms. The lowest BCUT2D eigenvalue weighted by atomic mass is 9.99. The van der Waals surface area contributed by atoms with Crippen LogP contribution >= 0.6 is 11.3 Å². The third kappa shape index (κ3) is 3.93. The largest absolute Gasteiger partial charge is 0.443 e. The lowest BCUT2D eigenvalue weighted by Gasteiger charge is -2.25. The molecular formula is C10H15F3N2OS. The molecule has 1 aromatic rings. The minimum Gasteiger partial charge on any atom is -0.379 e. The number of ether oxygens (including phenoxy) is 1. The van der Waals surface area contributed by atoms with Gasteiger partial charge in [-0.05, 0) is 20.3 Å². The van der Waals surface area contributed by atoms with E-state index >= 15 is 0 Å². The van der Waals surface area contributed by atoms with Crippen molar-refractivity contribution in [1.29, 1.82) is 0 Å². The van der Waals surface area contributed by atoms with Crippen LogP contribution in [0.15, 0.2) is 6.20 Å². The SMILES string of the molecule is COC(C)(C)CC(N)c1cnc(C(F)(F)F)s1. The van der Waals surface area contributed by atoms with Gasteiger partial charge in [0.05, 0.1) is 5.60 Å². The molecule has 1 heterocycles. The molecule has 0 radical (unpaired) electrons. The van der Waals surface area contributed by atoms with E-state index in [1.54, 1.807) is 7.11 Å². The van der Waals surface area contributed by atoms with Crippen LogP contribution in [-0.4, -0.2) is 17.7 Å². The Morgan fingerprint density at radius 3 is 2.47 bits per heavy atom. The summed E-state index contributed by atoms with van der Waals surface area (Å²) < 4.78 is 42.2. The van der Waals surface area contributed by atoms with Crippen LogP contribution in [0.25, 0.3) is 0 Å². The van der Waals surface area contributed by atoms with Crippen LogP contribution in [0.5, 0.6) is 0 Å². The summed E-state index contributed by atoms with van der Waals surface area (Å²) in [6, 6.07) is -0.501. The van der Waals surface area contributed by atoms with Crippen molar-refractivity contribution in [2.24, 2.45) is 5.73 Å². The molecular weight excluding hydrogens is 253 g/mol. The first-order valence-electron chi connectivity index (χ1n) is 4.99. The van der Waals surface area contributed by atoms with Gasteiger partial charge in [0.15, 0.2) is 5.01 Å². The fraction of sp³-hybridized carbons (Fsp3) is 0.700. The van der Waals surface area contributed by atoms with Crippen molar-refractivity contribution in [2.45, 2.75) is 38.1 Å². The summed E-state index contributed by atoms with van der Waals surface area (Å²) in [7, 11) is 1.54. The maximum absolute atomic E-state index is 12.4. The molecule has 0 aliphatic heterocycles. The summed E-state index contributed by atoms with van der Waals surface area (Å²) in [5.74, 6) is 0. The number of halogens is 3. The van der Waals surface area contributed by atoms with Gasteiger partial charge in [0.2, 0.25) is 0 Å². The van der Waals surface area contributed by atoms with Crippen LogP contribution in [0.2, 0.25) is 0 Å². The van der Waals surface area contributed by atoms with Crippen molar-refractivity contribution < 1.29 is 17.9 Å². The molecule has 0 aliphatic rings. The summed E-state index contributed by atoms with van der Waals surface area (Å²) in [5.41, 5.74) is 5.37. The van der Waals surface area contributed by atoms with Crippen LogP contribution in [0, 0.1) is 0 Å². The number of hydrogen-bond donors (Lipinski definition) is 1. The summed E-state index contributed by atoms with van der Waals surface area (Å²) in [6.07, 6.45) is -2.79. The maximum Gasteiger partial charge on any atom is 0.443 e. The predicted octanol–water partition coefficient (Wildman–Crippen LogP) is 2.98. The van der Waals surface area contributed by atoms with Gasteiger partial charge in [-0.25, -0.2) is 4.98 Å². The molecule has 0 bridgehead atoms. The monoisotopic (exact) mass is 268 g/mol. The molecule has 1 aromatic heterocycles. The fourth-order valence-corrected chi connectivity index (χ4v) is 2.09. The zero-order chi connectivity index (χ0) is 13.3. The Labute approximate surface area is 102 Å². The molecule has 7 heteroatoms. The molecule has 0 aromatic carbocycles. The first-order chi connectivity index (χ1) is 7.65. The third-order valence-electron chi connectivity index (χ3n) is 2.40. The van der Waals surface area contributed by atoms with Crippen LogP contribution in [0.4, 0.5) is 13.2 Å². The van der Waals surface area contributed by atoms with Crippen LogP contribution < -0.4 is 5.73 Å². The Bertz CT molecular complexity index is 376. The van der Waals surface area contributed by atoms with Gasteiger partial charge in [-0.1, -0.05) is 0 Å². The normalized spacial score (nSPS) is 15.0. The molecule has 0 aliphatic carbocycles. The van der Waals surface area contributed by atoms with Gasteiger partial charge in [0, 0.05) is 24.2 Å². The second-order valence-electron chi connectivity index (χ2n) is 4.34. The van der Waals surface area contributed by atoms with E-state index < -0.39 is 22.8 Å². The van der Waals surface area contributed by atoms with Crippen molar-refractivity contribution >= 4 is 11.3 Å². The lowest BCUT2D eigenvalue weighted by molar-refractivity contribution is -0.137. The molecule has 0 amide bonds. The van der Waals surface area contributed by atoms with Crippen LogP contribution in [0.1, 0.15) is 36.2 Å². The molecule has 3 nitrogen and oxygen atoms in total. The average molecular weight is 268 g/mol. The van der Waals surface area contributed by atoms with E-state index in [2.05, 4.69) is 4.98 Å². The van der Waals surface area contributed by atoms with E-state index in [4.69, 9.17) is 10.5 Å². The summed E-state index contributed by atoms with van der Waals surface area (Å²) in [4.78, 5) is 3.76. The number of methoxy groups -OCH3 is 1. The second kappa shape index (κ2) is 4.91. The first kappa shape index (κ1) is 14.4. The third-order valence-corrected chi connectivity index (χ3v) is 3.57. The number of nitrogens with two attached hydrogens (primary N) is 1. The van der Waals surface area contributed by atoms with Crippen molar-refractivity contribution in [2.75, 3.05) is 7.11 Å². The van der Waals surface area contributed by atoms with E-state index in [-0.39, 0.29) is 0 Å². The van der Waals surface area contributed by atoms with E-state index in [1.807, 2.05) is 13.8 Å². The van der Waals surface area contributed by atoms with E-state index in [1.165, 1.54) is 6.20 Å². The Hall–Kier alpha value is -0.660. The molecule has 98 valence electrons.